The van der Waals surface area contributed by atoms with Crippen LogP contribution in [-0.2, 0) is 46.5 Å². The fourth-order valence-electron chi connectivity index (χ4n) is 7.28. The number of carbonyl (C=O) groups is 2. The molecule has 17 nitrogen and oxygen atoms in total. The maximum atomic E-state index is 13.0. The second-order valence-electron chi connectivity index (χ2n) is 17.6. The van der Waals surface area contributed by atoms with E-state index in [1.54, 1.807) is 0 Å². The molecule has 7 N–H and O–H groups in total. The van der Waals surface area contributed by atoms with Crippen molar-refractivity contribution in [2.24, 2.45) is 0 Å². The van der Waals surface area contributed by atoms with Crippen molar-refractivity contribution in [3.63, 3.8) is 0 Å². The summed E-state index contributed by atoms with van der Waals surface area (Å²) in [5.74, 6) is -1.32. The Balaban J connectivity index is 1.81. The minimum Gasteiger partial charge on any atom is -0.462 e. The first-order chi connectivity index (χ1) is 33.6. The number of esters is 2. The van der Waals surface area contributed by atoms with E-state index < -0.39 is 83.5 Å². The number of hydrogen-bond donors (Lipinski definition) is 7. The number of phosphoric acid groups is 2. The van der Waals surface area contributed by atoms with E-state index in [1.165, 1.54) is 38.5 Å². The number of carbonyl (C=O) groups excluding carboxylic acids is 2. The molecule has 2 rings (SSSR count). The van der Waals surface area contributed by atoms with Gasteiger partial charge in [0.25, 0.3) is 0 Å². The zero-order valence-corrected chi connectivity index (χ0v) is 43.1. The van der Waals surface area contributed by atoms with Crippen LogP contribution in [0.4, 0.5) is 0 Å². The summed E-state index contributed by atoms with van der Waals surface area (Å²) in [7, 11) is -10.7. The molecule has 1 saturated heterocycles. The third-order valence-corrected chi connectivity index (χ3v) is 12.8. The van der Waals surface area contributed by atoms with Gasteiger partial charge >= 0.3 is 27.6 Å². The standard InChI is InChI=1S/C51H84O17P2/c1-3-5-7-9-11-12-13-14-15-16-17-18-19-20-21-22-25-29-33-37-44(52)63-39-41(40-64-70(61,62)68-51-48(56)46(54)47(55)50(49(51)57)67-69(58,59)60)65-45(53)38-34-30-26-23-24-28-32-36-43-42(66-43)35-31-27-10-8-6-4-2/h11-12,14-15,17-18,20-21,23,26-28,31-32,41-43,46-51,54-57H,3-10,13,16,19,22,24-25,29-30,33-40H2,1-2H3,(H,61,62)(H2,58,59,60)/b12-11-,15-14-,18-17-,21-20-,26-23-,31-27-,32-28-/t41-,42?,43?,46?,47?,48?,49?,50-,51+/m1/s1. The van der Waals surface area contributed by atoms with E-state index in [2.05, 4.69) is 91.3 Å². The molecule has 1 aliphatic heterocycles. The third-order valence-electron chi connectivity index (χ3n) is 11.3. The van der Waals surface area contributed by atoms with Crippen molar-refractivity contribution in [1.29, 1.82) is 0 Å². The van der Waals surface area contributed by atoms with E-state index in [1.807, 2.05) is 12.2 Å². The van der Waals surface area contributed by atoms with Crippen LogP contribution in [0.3, 0.4) is 0 Å². The number of aliphatic hydroxyl groups excluding tert-OH is 4. The number of ether oxygens (including phenoxy) is 3. The van der Waals surface area contributed by atoms with Gasteiger partial charge in [0.15, 0.2) is 6.10 Å². The molecule has 0 aromatic rings. The highest BCUT2D eigenvalue weighted by atomic mass is 31.2. The molecular formula is C51H84O17P2. The van der Waals surface area contributed by atoms with E-state index >= 15 is 0 Å². The van der Waals surface area contributed by atoms with Gasteiger partial charge in [0.2, 0.25) is 0 Å². The van der Waals surface area contributed by atoms with Crippen LogP contribution in [0.15, 0.2) is 85.1 Å². The second-order valence-corrected chi connectivity index (χ2v) is 20.2. The van der Waals surface area contributed by atoms with Gasteiger partial charge in [0.1, 0.15) is 43.2 Å². The molecule has 2 fully saturated rings. The molecule has 10 atom stereocenters. The third kappa shape index (κ3) is 30.9. The quantitative estimate of drug-likeness (QED) is 0.00991. The molecule has 2 aliphatic rings. The maximum absolute atomic E-state index is 13.0. The Morgan fingerprint density at radius 2 is 0.957 bits per heavy atom. The molecular weight excluding hydrogens is 946 g/mol. The first-order valence-electron chi connectivity index (χ1n) is 25.3. The molecule has 7 unspecified atom stereocenters. The highest BCUT2D eigenvalue weighted by molar-refractivity contribution is 7.47. The average molecular weight is 1030 g/mol. The SMILES string of the molecule is CCCCC/C=C\C/C=C\C/C=C\C/C=C\CCCCCC(=O)OC[C@H](COP(=O)(O)O[C@H]1C(O)C(O)C(O)[C@@H](OP(=O)(O)O)C1O)OC(=O)CCC/C=C\C/C=C\CC1OC1C/C=C\CCCCC. The molecule has 0 aromatic carbocycles. The van der Waals surface area contributed by atoms with Crippen LogP contribution in [0.5, 0.6) is 0 Å². The van der Waals surface area contributed by atoms with Crippen molar-refractivity contribution in [3.8, 4) is 0 Å². The fraction of sp³-hybridized carbons (Fsp3) is 0.686. The Morgan fingerprint density at radius 1 is 0.514 bits per heavy atom. The molecule has 0 radical (unpaired) electrons. The molecule has 1 heterocycles. The molecule has 400 valence electrons. The topological polar surface area (TPSA) is 269 Å². The summed E-state index contributed by atoms with van der Waals surface area (Å²) < 4.78 is 55.1. The molecule has 70 heavy (non-hydrogen) atoms. The van der Waals surface area contributed by atoms with Crippen LogP contribution in [0, 0.1) is 0 Å². The molecule has 0 spiro atoms. The Labute approximate surface area is 416 Å². The van der Waals surface area contributed by atoms with Crippen LogP contribution in [0.1, 0.15) is 155 Å². The van der Waals surface area contributed by atoms with Crippen molar-refractivity contribution in [2.75, 3.05) is 13.2 Å². The molecule has 1 aliphatic carbocycles. The number of hydrogen-bond acceptors (Lipinski definition) is 14. The van der Waals surface area contributed by atoms with E-state index in [0.717, 1.165) is 64.2 Å². The summed E-state index contributed by atoms with van der Waals surface area (Å²) in [4.78, 5) is 54.4. The fourth-order valence-corrected chi connectivity index (χ4v) is 8.82. The van der Waals surface area contributed by atoms with Crippen LogP contribution in [-0.4, -0.2) is 115 Å². The van der Waals surface area contributed by atoms with Gasteiger partial charge in [-0.25, -0.2) is 9.13 Å². The summed E-state index contributed by atoms with van der Waals surface area (Å²) >= 11 is 0. The largest absolute Gasteiger partial charge is 0.472 e. The van der Waals surface area contributed by atoms with Crippen LogP contribution in [0.2, 0.25) is 0 Å². The van der Waals surface area contributed by atoms with Gasteiger partial charge in [-0.05, 0) is 96.3 Å². The Kier molecular flexibility index (Phi) is 34.2. The molecule has 0 bridgehead atoms. The van der Waals surface area contributed by atoms with E-state index in [4.69, 9.17) is 23.3 Å². The smallest absolute Gasteiger partial charge is 0.462 e. The summed E-state index contributed by atoms with van der Waals surface area (Å²) in [6.07, 6.45) is 34.2. The summed E-state index contributed by atoms with van der Waals surface area (Å²) in [6, 6.07) is 0. The number of rotatable bonds is 40. The lowest BCUT2D eigenvalue weighted by Crippen LogP contribution is -2.64. The second kappa shape index (κ2) is 37.8. The lowest BCUT2D eigenvalue weighted by atomic mass is 9.85. The Bertz CT molecular complexity index is 1740. The van der Waals surface area contributed by atoms with Gasteiger partial charge in [0, 0.05) is 12.8 Å². The lowest BCUT2D eigenvalue weighted by Gasteiger charge is -2.43. The lowest BCUT2D eigenvalue weighted by molar-refractivity contribution is -0.216. The van der Waals surface area contributed by atoms with E-state index in [-0.39, 0.29) is 25.0 Å². The molecule has 0 amide bonds. The average Bonchev–Trinajstić information content (AvgIpc) is 4.08. The van der Waals surface area contributed by atoms with Gasteiger partial charge in [-0.1, -0.05) is 131 Å². The molecule has 1 saturated carbocycles. The molecule has 19 heteroatoms. The first kappa shape index (κ1) is 63.3. The van der Waals surface area contributed by atoms with Gasteiger partial charge in [-0.3, -0.25) is 23.2 Å². The zero-order chi connectivity index (χ0) is 51.5. The minimum absolute atomic E-state index is 0.0492. The van der Waals surface area contributed by atoms with Gasteiger partial charge < -0.3 is 49.3 Å². The van der Waals surface area contributed by atoms with E-state index in [0.29, 0.717) is 25.7 Å². The minimum atomic E-state index is -5.38. The first-order valence-corrected chi connectivity index (χ1v) is 28.3. The summed E-state index contributed by atoms with van der Waals surface area (Å²) in [6.45, 7) is 2.97. The number of epoxide rings is 1. The monoisotopic (exact) mass is 1030 g/mol. The predicted octanol–water partition coefficient (Wildman–Crippen LogP) is 9.16. The zero-order valence-electron chi connectivity index (χ0n) is 41.4. The van der Waals surface area contributed by atoms with Crippen LogP contribution in [0.25, 0.3) is 0 Å². The maximum Gasteiger partial charge on any atom is 0.472 e. The van der Waals surface area contributed by atoms with Crippen molar-refractivity contribution in [1.82, 2.24) is 0 Å². The van der Waals surface area contributed by atoms with Crippen LogP contribution < -0.4 is 0 Å². The highest BCUT2D eigenvalue weighted by Gasteiger charge is 2.54. The highest BCUT2D eigenvalue weighted by Crippen LogP contribution is 2.49. The van der Waals surface area contributed by atoms with Crippen molar-refractivity contribution >= 4 is 27.6 Å². The molecule has 0 aromatic heterocycles. The van der Waals surface area contributed by atoms with Crippen molar-refractivity contribution in [2.45, 2.75) is 210 Å². The summed E-state index contributed by atoms with van der Waals surface area (Å²) in [5.41, 5.74) is 0. The number of unbranched alkanes of at least 4 members (excludes halogenated alkanes) is 10. The Hall–Kier alpha value is -2.86. The van der Waals surface area contributed by atoms with Gasteiger partial charge in [0.05, 0.1) is 18.8 Å². The number of allylic oxidation sites excluding steroid dienone is 12. The Morgan fingerprint density at radius 3 is 1.49 bits per heavy atom. The normalized spacial score (nSPS) is 24.6. The number of phosphoric ester groups is 2. The summed E-state index contributed by atoms with van der Waals surface area (Å²) in [5, 5.41) is 41.3. The van der Waals surface area contributed by atoms with Gasteiger partial charge in [-0.15, -0.1) is 0 Å². The predicted molar refractivity (Wildman–Crippen MR) is 268 cm³/mol. The van der Waals surface area contributed by atoms with E-state index in [9.17, 15) is 53.8 Å². The van der Waals surface area contributed by atoms with Crippen LogP contribution >= 0.6 is 15.6 Å². The van der Waals surface area contributed by atoms with Crippen molar-refractivity contribution in [3.05, 3.63) is 85.1 Å². The van der Waals surface area contributed by atoms with Crippen molar-refractivity contribution < 1.29 is 81.6 Å². The number of aliphatic hydroxyl groups is 4. The van der Waals surface area contributed by atoms with Gasteiger partial charge in [-0.2, -0.15) is 0 Å².